The molecule has 0 aliphatic heterocycles. The number of benzene rings is 2. The number of para-hydroxylation sites is 1. The highest BCUT2D eigenvalue weighted by molar-refractivity contribution is 6.08. The lowest BCUT2D eigenvalue weighted by Gasteiger charge is -2.12. The van der Waals surface area contributed by atoms with Gasteiger partial charge in [0.15, 0.2) is 6.61 Å². The molecule has 0 saturated carbocycles. The number of hydrogen-bond acceptors (Lipinski definition) is 4. The van der Waals surface area contributed by atoms with Crippen LogP contribution in [-0.2, 0) is 9.53 Å². The van der Waals surface area contributed by atoms with Crippen LogP contribution in [0.5, 0.6) is 0 Å². The van der Waals surface area contributed by atoms with Crippen molar-refractivity contribution in [3.63, 3.8) is 0 Å². The molecule has 2 rings (SSSR count). The van der Waals surface area contributed by atoms with Crippen LogP contribution in [-0.4, -0.2) is 30.4 Å². The number of rotatable bonds is 6. The zero-order valence-electron chi connectivity index (χ0n) is 15.0. The van der Waals surface area contributed by atoms with Gasteiger partial charge in [-0.25, -0.2) is 4.79 Å². The van der Waals surface area contributed by atoms with Crippen molar-refractivity contribution in [2.45, 2.75) is 26.8 Å². The second-order valence-electron chi connectivity index (χ2n) is 6.17. The molecule has 26 heavy (non-hydrogen) atoms. The fourth-order valence-electron chi connectivity index (χ4n) is 2.32. The molecule has 0 bridgehead atoms. The Hall–Kier alpha value is -3.15. The lowest BCUT2D eigenvalue weighted by atomic mass is 10.1. The van der Waals surface area contributed by atoms with Crippen molar-refractivity contribution in [3.8, 4) is 0 Å². The van der Waals surface area contributed by atoms with E-state index in [1.165, 1.54) is 6.07 Å². The third kappa shape index (κ3) is 5.44. The van der Waals surface area contributed by atoms with Crippen molar-refractivity contribution < 1.29 is 19.1 Å². The normalized spacial score (nSPS) is 10.3. The maximum absolute atomic E-state index is 12.4. The van der Waals surface area contributed by atoms with Gasteiger partial charge in [0.05, 0.1) is 11.3 Å². The molecule has 0 aromatic heterocycles. The summed E-state index contributed by atoms with van der Waals surface area (Å²) >= 11 is 0. The zero-order valence-corrected chi connectivity index (χ0v) is 15.0. The highest BCUT2D eigenvalue weighted by atomic mass is 16.5. The van der Waals surface area contributed by atoms with Crippen molar-refractivity contribution in [3.05, 3.63) is 65.2 Å². The Morgan fingerprint density at radius 1 is 1.04 bits per heavy atom. The molecule has 0 aliphatic rings. The SMILES string of the molecule is Cc1cccc(C(=O)Nc2ccccc2C(=O)OCC(=O)NC(C)C)c1. The summed E-state index contributed by atoms with van der Waals surface area (Å²) in [6.07, 6.45) is 0. The topological polar surface area (TPSA) is 84.5 Å². The summed E-state index contributed by atoms with van der Waals surface area (Å²) in [5.74, 6) is -1.38. The van der Waals surface area contributed by atoms with Crippen LogP contribution in [0.1, 0.15) is 40.1 Å². The van der Waals surface area contributed by atoms with Crippen LogP contribution in [0.4, 0.5) is 5.69 Å². The Labute approximate surface area is 152 Å². The Balaban J connectivity index is 2.08. The molecule has 0 heterocycles. The van der Waals surface area contributed by atoms with Crippen LogP contribution in [0.15, 0.2) is 48.5 Å². The smallest absolute Gasteiger partial charge is 0.340 e. The predicted molar refractivity (Wildman–Crippen MR) is 99.1 cm³/mol. The molecule has 6 nitrogen and oxygen atoms in total. The minimum absolute atomic E-state index is 0.0397. The molecular weight excluding hydrogens is 332 g/mol. The molecule has 2 amide bonds. The summed E-state index contributed by atoms with van der Waals surface area (Å²) in [5.41, 5.74) is 1.96. The van der Waals surface area contributed by atoms with Crippen molar-refractivity contribution >= 4 is 23.5 Å². The summed E-state index contributed by atoms with van der Waals surface area (Å²) in [6.45, 7) is 5.15. The van der Waals surface area contributed by atoms with Crippen LogP contribution in [0.3, 0.4) is 0 Å². The highest BCUT2D eigenvalue weighted by Crippen LogP contribution is 2.17. The van der Waals surface area contributed by atoms with E-state index in [4.69, 9.17) is 4.74 Å². The molecule has 2 aromatic rings. The standard InChI is InChI=1S/C20H22N2O4/c1-13(2)21-18(23)12-26-20(25)16-9-4-5-10-17(16)22-19(24)15-8-6-7-14(3)11-15/h4-11,13H,12H2,1-3H3,(H,21,23)(H,22,24). The van der Waals surface area contributed by atoms with E-state index in [9.17, 15) is 14.4 Å². The molecule has 0 unspecified atom stereocenters. The maximum atomic E-state index is 12.4. The van der Waals surface area contributed by atoms with E-state index < -0.39 is 5.97 Å². The minimum Gasteiger partial charge on any atom is -0.452 e. The first-order valence-electron chi connectivity index (χ1n) is 8.30. The van der Waals surface area contributed by atoms with Crippen LogP contribution in [0, 0.1) is 6.92 Å². The van der Waals surface area contributed by atoms with Crippen molar-refractivity contribution in [1.82, 2.24) is 5.32 Å². The molecule has 0 atom stereocenters. The van der Waals surface area contributed by atoms with Crippen LogP contribution in [0.25, 0.3) is 0 Å². The molecule has 2 aromatic carbocycles. The number of ether oxygens (including phenoxy) is 1. The number of carbonyl (C=O) groups is 3. The van der Waals surface area contributed by atoms with Crippen LogP contribution < -0.4 is 10.6 Å². The summed E-state index contributed by atoms with van der Waals surface area (Å²) in [6, 6.07) is 13.6. The van der Waals surface area contributed by atoms with Crippen molar-refractivity contribution in [2.75, 3.05) is 11.9 Å². The van der Waals surface area contributed by atoms with E-state index >= 15 is 0 Å². The Kier molecular flexibility index (Phi) is 6.49. The van der Waals surface area contributed by atoms with E-state index in [2.05, 4.69) is 10.6 Å². The van der Waals surface area contributed by atoms with Gasteiger partial charge >= 0.3 is 5.97 Å². The van der Waals surface area contributed by atoms with Gasteiger partial charge in [-0.3, -0.25) is 9.59 Å². The van der Waals surface area contributed by atoms with E-state index in [0.717, 1.165) is 5.56 Å². The van der Waals surface area contributed by atoms with E-state index in [0.29, 0.717) is 11.3 Å². The minimum atomic E-state index is -0.677. The van der Waals surface area contributed by atoms with E-state index in [-0.39, 0.29) is 30.0 Å². The Morgan fingerprint density at radius 2 is 1.77 bits per heavy atom. The van der Waals surface area contributed by atoms with Gasteiger partial charge in [-0.1, -0.05) is 29.8 Å². The summed E-state index contributed by atoms with van der Waals surface area (Å²) < 4.78 is 5.04. The second kappa shape index (κ2) is 8.80. The van der Waals surface area contributed by atoms with Crippen molar-refractivity contribution in [2.24, 2.45) is 0 Å². The number of esters is 1. The van der Waals surface area contributed by atoms with E-state index in [1.54, 1.807) is 36.4 Å². The molecule has 0 saturated heterocycles. The van der Waals surface area contributed by atoms with Gasteiger partial charge < -0.3 is 15.4 Å². The quantitative estimate of drug-likeness (QED) is 0.781. The summed E-state index contributed by atoms with van der Waals surface area (Å²) in [7, 11) is 0. The molecule has 0 aliphatic carbocycles. The van der Waals surface area contributed by atoms with E-state index in [1.807, 2.05) is 26.8 Å². The second-order valence-corrected chi connectivity index (χ2v) is 6.17. The molecule has 2 N–H and O–H groups in total. The third-order valence-electron chi connectivity index (χ3n) is 3.46. The molecular formula is C20H22N2O4. The summed E-state index contributed by atoms with van der Waals surface area (Å²) in [4.78, 5) is 36.3. The van der Waals surface area contributed by atoms with Gasteiger partial charge in [0.1, 0.15) is 0 Å². The number of nitrogens with one attached hydrogen (secondary N) is 2. The van der Waals surface area contributed by atoms with Gasteiger partial charge in [-0.05, 0) is 45.0 Å². The lowest BCUT2D eigenvalue weighted by Crippen LogP contribution is -2.34. The molecule has 0 fully saturated rings. The lowest BCUT2D eigenvalue weighted by molar-refractivity contribution is -0.124. The third-order valence-corrected chi connectivity index (χ3v) is 3.46. The van der Waals surface area contributed by atoms with Crippen LogP contribution in [0.2, 0.25) is 0 Å². The predicted octanol–water partition coefficient (Wildman–Crippen LogP) is 2.93. The number of hydrogen-bond donors (Lipinski definition) is 2. The average molecular weight is 354 g/mol. The number of amides is 2. The first-order chi connectivity index (χ1) is 12.4. The monoisotopic (exact) mass is 354 g/mol. The van der Waals surface area contributed by atoms with Gasteiger partial charge in [-0.15, -0.1) is 0 Å². The largest absolute Gasteiger partial charge is 0.452 e. The van der Waals surface area contributed by atoms with Gasteiger partial charge in [0.2, 0.25) is 0 Å². The molecule has 136 valence electrons. The van der Waals surface area contributed by atoms with Gasteiger partial charge in [-0.2, -0.15) is 0 Å². The molecule has 0 radical (unpaired) electrons. The number of aryl methyl sites for hydroxylation is 1. The zero-order chi connectivity index (χ0) is 19.1. The summed E-state index contributed by atoms with van der Waals surface area (Å²) in [5, 5.41) is 5.35. The first kappa shape index (κ1) is 19.2. The number of carbonyl (C=O) groups excluding carboxylic acids is 3. The number of anilines is 1. The van der Waals surface area contributed by atoms with Crippen molar-refractivity contribution in [1.29, 1.82) is 0 Å². The first-order valence-corrected chi connectivity index (χ1v) is 8.30. The van der Waals surface area contributed by atoms with Gasteiger partial charge in [0.25, 0.3) is 11.8 Å². The average Bonchev–Trinajstić information content (AvgIpc) is 2.59. The Bertz CT molecular complexity index is 815. The Morgan fingerprint density at radius 3 is 2.46 bits per heavy atom. The fourth-order valence-corrected chi connectivity index (χ4v) is 2.32. The van der Waals surface area contributed by atoms with Crippen LogP contribution >= 0.6 is 0 Å². The maximum Gasteiger partial charge on any atom is 0.340 e. The molecule has 0 spiro atoms. The van der Waals surface area contributed by atoms with Gasteiger partial charge in [0, 0.05) is 11.6 Å². The molecule has 6 heteroatoms. The fraction of sp³-hybridized carbons (Fsp3) is 0.250. The highest BCUT2D eigenvalue weighted by Gasteiger charge is 2.16.